The quantitative estimate of drug-likeness (QED) is 0.429. The molecule has 2 heteroatoms. The molecule has 0 fully saturated rings. The lowest BCUT2D eigenvalue weighted by atomic mass is 10.2. The second-order valence-corrected chi connectivity index (χ2v) is 2.52. The highest BCUT2D eigenvalue weighted by molar-refractivity contribution is 5.66. The van der Waals surface area contributed by atoms with Gasteiger partial charge in [-0.05, 0) is 12.8 Å². The van der Waals surface area contributed by atoms with Gasteiger partial charge in [0, 0.05) is 0 Å². The van der Waals surface area contributed by atoms with Crippen LogP contribution >= 0.6 is 0 Å². The largest absolute Gasteiger partial charge is 0.355 e. The van der Waals surface area contributed by atoms with Gasteiger partial charge in [0.05, 0.1) is 6.42 Å². The lowest BCUT2D eigenvalue weighted by Gasteiger charge is -1.87. The molecule has 0 atom stereocenters. The topological polar surface area (TPSA) is 37.0 Å². The molecule has 1 radical (unpaired) electrons. The van der Waals surface area contributed by atoms with E-state index in [0.29, 0.717) is 6.42 Å². The molecular weight excluding hydrogens is 140 g/mol. The first-order valence-electron chi connectivity index (χ1n) is 4.12. The van der Waals surface area contributed by atoms with Crippen molar-refractivity contribution in [3.63, 3.8) is 0 Å². The lowest BCUT2D eigenvalue weighted by molar-refractivity contribution is -0.142. The number of carbonyl (C=O) groups is 1. The molecule has 0 rings (SSSR count). The molecule has 11 heavy (non-hydrogen) atoms. The minimum Gasteiger partial charge on any atom is -0.247 e. The number of hydrogen-bond donors (Lipinski definition) is 0. The molecule has 0 bridgehead atoms. The Labute approximate surface area is 67.9 Å². The second kappa shape index (κ2) is 7.32. The summed E-state index contributed by atoms with van der Waals surface area (Å²) in [7, 11) is 0. The van der Waals surface area contributed by atoms with Crippen LogP contribution in [0.3, 0.4) is 0 Å². The van der Waals surface area contributed by atoms with Crippen molar-refractivity contribution in [1.82, 2.24) is 0 Å². The van der Waals surface area contributed by atoms with Gasteiger partial charge in [-0.25, -0.2) is 9.90 Å². The van der Waals surface area contributed by atoms with Gasteiger partial charge in [-0.15, -0.1) is 0 Å². The second-order valence-electron chi connectivity index (χ2n) is 2.52. The van der Waals surface area contributed by atoms with Gasteiger partial charge < -0.3 is 0 Å². The first kappa shape index (κ1) is 10.2. The summed E-state index contributed by atoms with van der Waals surface area (Å²) < 4.78 is 0. The first-order chi connectivity index (χ1) is 5.27. The van der Waals surface area contributed by atoms with E-state index in [1.165, 1.54) is 12.8 Å². The van der Waals surface area contributed by atoms with Crippen molar-refractivity contribution in [3.05, 3.63) is 12.2 Å². The van der Waals surface area contributed by atoms with Gasteiger partial charge in [-0.1, -0.05) is 31.9 Å². The minimum absolute atomic E-state index is 0.141. The molecule has 0 aromatic carbocycles. The zero-order valence-electron chi connectivity index (χ0n) is 7.01. The van der Waals surface area contributed by atoms with Gasteiger partial charge in [0.2, 0.25) is 0 Å². The van der Waals surface area contributed by atoms with Gasteiger partial charge in [0.25, 0.3) is 0 Å². The van der Waals surface area contributed by atoms with E-state index >= 15 is 0 Å². The Morgan fingerprint density at radius 3 is 2.45 bits per heavy atom. The third-order valence-corrected chi connectivity index (χ3v) is 1.41. The molecule has 0 aromatic heterocycles. The van der Waals surface area contributed by atoms with Crippen LogP contribution in [0.15, 0.2) is 12.2 Å². The first-order valence-corrected chi connectivity index (χ1v) is 4.12. The highest BCUT2D eigenvalue weighted by atomic mass is 16.4. The van der Waals surface area contributed by atoms with Crippen LogP contribution in [0.25, 0.3) is 0 Å². The van der Waals surface area contributed by atoms with Crippen LogP contribution in [0, 0.1) is 0 Å². The van der Waals surface area contributed by atoms with Crippen molar-refractivity contribution >= 4 is 5.97 Å². The summed E-state index contributed by atoms with van der Waals surface area (Å²) >= 11 is 0. The molecule has 63 valence electrons. The molecular formula is C9H15O2. The maximum atomic E-state index is 9.94. The SMILES string of the molecule is CCCC/C=C/CCC([O])=O. The summed E-state index contributed by atoms with van der Waals surface area (Å²) in [6, 6.07) is 0. The number of allylic oxidation sites excluding steroid dienone is 2. The van der Waals surface area contributed by atoms with Crippen molar-refractivity contribution < 1.29 is 9.90 Å². The molecule has 0 aliphatic rings. The maximum Gasteiger partial charge on any atom is 0.355 e. The maximum absolute atomic E-state index is 9.94. The summed E-state index contributed by atoms with van der Waals surface area (Å²) in [6.07, 6.45) is 8.11. The zero-order valence-corrected chi connectivity index (χ0v) is 7.01. The van der Waals surface area contributed by atoms with Crippen molar-refractivity contribution in [3.8, 4) is 0 Å². The Balaban J connectivity index is 3.10. The Hall–Kier alpha value is -0.790. The Morgan fingerprint density at radius 1 is 1.27 bits per heavy atom. The van der Waals surface area contributed by atoms with E-state index in [0.717, 1.165) is 6.42 Å². The van der Waals surface area contributed by atoms with Gasteiger partial charge in [-0.3, -0.25) is 0 Å². The van der Waals surface area contributed by atoms with E-state index in [4.69, 9.17) is 0 Å². The van der Waals surface area contributed by atoms with E-state index in [1.807, 2.05) is 12.2 Å². The Bertz CT molecular complexity index is 128. The van der Waals surface area contributed by atoms with Gasteiger partial charge in [0.1, 0.15) is 0 Å². The van der Waals surface area contributed by atoms with Gasteiger partial charge >= 0.3 is 5.97 Å². The van der Waals surface area contributed by atoms with Crippen molar-refractivity contribution in [2.24, 2.45) is 0 Å². The molecule has 0 aliphatic carbocycles. The summed E-state index contributed by atoms with van der Waals surface area (Å²) in [4.78, 5) is 9.94. The smallest absolute Gasteiger partial charge is 0.247 e. The molecule has 0 N–H and O–H groups in total. The highest BCUT2D eigenvalue weighted by Gasteiger charge is 1.94. The number of carbonyl (C=O) groups excluding carboxylic acids is 1. The van der Waals surface area contributed by atoms with E-state index in [2.05, 4.69) is 6.92 Å². The summed E-state index contributed by atoms with van der Waals surface area (Å²) in [5, 5.41) is 9.94. The summed E-state index contributed by atoms with van der Waals surface area (Å²) in [5.74, 6) is -0.967. The predicted molar refractivity (Wildman–Crippen MR) is 43.6 cm³/mol. The molecule has 0 saturated carbocycles. The van der Waals surface area contributed by atoms with Crippen LogP contribution < -0.4 is 0 Å². The fourth-order valence-corrected chi connectivity index (χ4v) is 0.759. The molecule has 0 heterocycles. The number of unbranched alkanes of at least 4 members (excludes halogenated alkanes) is 2. The van der Waals surface area contributed by atoms with E-state index in [9.17, 15) is 9.90 Å². The zero-order chi connectivity index (χ0) is 8.53. The summed E-state index contributed by atoms with van der Waals surface area (Å²) in [6.45, 7) is 2.13. The van der Waals surface area contributed by atoms with Crippen LogP contribution in [0.4, 0.5) is 0 Å². The Morgan fingerprint density at radius 2 is 1.91 bits per heavy atom. The highest BCUT2D eigenvalue weighted by Crippen LogP contribution is 1.97. The van der Waals surface area contributed by atoms with Crippen molar-refractivity contribution in [2.75, 3.05) is 0 Å². The van der Waals surface area contributed by atoms with Gasteiger partial charge in [-0.2, -0.15) is 0 Å². The molecule has 2 nitrogen and oxygen atoms in total. The predicted octanol–water partition coefficient (Wildman–Crippen LogP) is 2.47. The van der Waals surface area contributed by atoms with Gasteiger partial charge in [0.15, 0.2) is 0 Å². The van der Waals surface area contributed by atoms with Crippen LogP contribution in [-0.4, -0.2) is 5.97 Å². The number of hydrogen-bond acceptors (Lipinski definition) is 1. The van der Waals surface area contributed by atoms with Crippen molar-refractivity contribution in [2.45, 2.75) is 39.0 Å². The molecule has 0 aromatic rings. The van der Waals surface area contributed by atoms with E-state index in [1.54, 1.807) is 0 Å². The standard InChI is InChI=1S/C9H15O2/c1-2-3-4-5-6-7-8-9(10)11/h5-6H,2-4,7-8H2,1H3/b6-5+. The minimum atomic E-state index is -0.967. The van der Waals surface area contributed by atoms with Crippen LogP contribution in [0.5, 0.6) is 0 Å². The van der Waals surface area contributed by atoms with Crippen molar-refractivity contribution in [1.29, 1.82) is 0 Å². The number of rotatable bonds is 6. The van der Waals surface area contributed by atoms with E-state index < -0.39 is 5.97 Å². The molecule has 0 amide bonds. The molecule has 0 spiro atoms. The molecule has 0 saturated heterocycles. The third-order valence-electron chi connectivity index (χ3n) is 1.41. The third kappa shape index (κ3) is 9.21. The summed E-state index contributed by atoms with van der Waals surface area (Å²) in [5.41, 5.74) is 0. The average molecular weight is 155 g/mol. The monoisotopic (exact) mass is 155 g/mol. The lowest BCUT2D eigenvalue weighted by Crippen LogP contribution is -1.88. The fourth-order valence-electron chi connectivity index (χ4n) is 0.759. The van der Waals surface area contributed by atoms with Crippen LogP contribution in [-0.2, 0) is 9.90 Å². The Kier molecular flexibility index (Phi) is 6.79. The normalized spacial score (nSPS) is 10.6. The van der Waals surface area contributed by atoms with E-state index in [-0.39, 0.29) is 6.42 Å². The van der Waals surface area contributed by atoms with Crippen LogP contribution in [0.2, 0.25) is 0 Å². The molecule has 0 unspecified atom stereocenters. The van der Waals surface area contributed by atoms with Crippen LogP contribution in [0.1, 0.15) is 39.0 Å². The molecule has 0 aliphatic heterocycles. The fraction of sp³-hybridized carbons (Fsp3) is 0.667. The average Bonchev–Trinajstić information content (AvgIpc) is 1.96.